The quantitative estimate of drug-likeness (QED) is 0.0930. The van der Waals surface area contributed by atoms with Gasteiger partial charge >= 0.3 is 0 Å². The first-order valence-electron chi connectivity index (χ1n) is 15.8. The molecule has 0 spiro atoms. The number of nitrogens with zero attached hydrogens (tertiary/aromatic N) is 2. The molecule has 0 aromatic carbocycles. The highest BCUT2D eigenvalue weighted by Gasteiger charge is 2.11. The summed E-state index contributed by atoms with van der Waals surface area (Å²) in [7, 11) is 0. The van der Waals surface area contributed by atoms with Crippen LogP contribution in [-0.4, -0.2) is 4.57 Å². The number of aryl methyl sites for hydroxylation is 1. The number of imidazole rings is 1. The highest BCUT2D eigenvalue weighted by molar-refractivity contribution is 4.67. The lowest BCUT2D eigenvalue weighted by molar-refractivity contribution is -0.720. The molecule has 1 unspecified atom stereocenters. The predicted molar refractivity (Wildman–Crippen MR) is 151 cm³/mol. The number of aromatic nitrogens is 2. The minimum absolute atomic E-state index is 0.641. The summed E-state index contributed by atoms with van der Waals surface area (Å²) in [6.07, 6.45) is 41.2. The van der Waals surface area contributed by atoms with Crippen molar-refractivity contribution in [2.45, 2.75) is 187 Å². The molecule has 0 amide bonds. The fourth-order valence-corrected chi connectivity index (χ4v) is 5.19. The summed E-state index contributed by atoms with van der Waals surface area (Å²) >= 11 is 0. The van der Waals surface area contributed by atoms with Crippen molar-refractivity contribution in [1.82, 2.24) is 4.57 Å². The fraction of sp³-hybridized carbons (Fsp3) is 0.906. The molecular formula is C32H63N2+. The minimum atomic E-state index is 0.641. The third kappa shape index (κ3) is 18.5. The van der Waals surface area contributed by atoms with E-state index in [1.807, 2.05) is 0 Å². The van der Waals surface area contributed by atoms with E-state index in [1.54, 1.807) is 0 Å². The van der Waals surface area contributed by atoms with Crippen LogP contribution < -0.4 is 4.57 Å². The highest BCUT2D eigenvalue weighted by Crippen LogP contribution is 2.15. The van der Waals surface area contributed by atoms with E-state index < -0.39 is 0 Å². The normalized spacial score (nSPS) is 12.4. The maximum atomic E-state index is 2.43. The van der Waals surface area contributed by atoms with Gasteiger partial charge in [0, 0.05) is 0 Å². The van der Waals surface area contributed by atoms with Gasteiger partial charge in [0.15, 0.2) is 0 Å². The maximum absolute atomic E-state index is 2.43. The highest BCUT2D eigenvalue weighted by atomic mass is 15.1. The average molecular weight is 476 g/mol. The van der Waals surface area contributed by atoms with Crippen LogP contribution in [0.4, 0.5) is 0 Å². The largest absolute Gasteiger partial charge is 0.243 e. The summed E-state index contributed by atoms with van der Waals surface area (Å²) in [5.74, 6) is 0. The third-order valence-corrected chi connectivity index (χ3v) is 7.72. The first-order valence-corrected chi connectivity index (χ1v) is 15.8. The zero-order valence-electron chi connectivity index (χ0n) is 23.9. The number of rotatable bonds is 26. The van der Waals surface area contributed by atoms with E-state index in [9.17, 15) is 0 Å². The van der Waals surface area contributed by atoms with E-state index in [1.165, 1.54) is 161 Å². The molecule has 1 rings (SSSR count). The summed E-state index contributed by atoms with van der Waals surface area (Å²) < 4.78 is 4.84. The van der Waals surface area contributed by atoms with Gasteiger partial charge in [0.2, 0.25) is 6.33 Å². The molecule has 2 heteroatoms. The lowest BCUT2D eigenvalue weighted by atomic mass is 10.0. The molecule has 200 valence electrons. The van der Waals surface area contributed by atoms with Crippen molar-refractivity contribution in [2.75, 3.05) is 0 Å². The van der Waals surface area contributed by atoms with Crippen molar-refractivity contribution >= 4 is 0 Å². The van der Waals surface area contributed by atoms with Crippen LogP contribution in [0, 0.1) is 0 Å². The van der Waals surface area contributed by atoms with Gasteiger partial charge in [0.05, 0.1) is 12.6 Å². The van der Waals surface area contributed by atoms with Crippen LogP contribution in [0.2, 0.25) is 0 Å². The molecule has 1 aromatic rings. The molecule has 0 N–H and O–H groups in total. The van der Waals surface area contributed by atoms with Gasteiger partial charge in [-0.15, -0.1) is 0 Å². The minimum Gasteiger partial charge on any atom is -0.237 e. The summed E-state index contributed by atoms with van der Waals surface area (Å²) in [6, 6.07) is 0.641. The van der Waals surface area contributed by atoms with Crippen LogP contribution in [0.3, 0.4) is 0 Å². The SMILES string of the molecule is CCCCCCCCCCCCCCCCCCn1cc[n+](C(C)CCCCCCCCC)c1. The molecule has 0 fully saturated rings. The number of hydrogen-bond donors (Lipinski definition) is 0. The molecule has 34 heavy (non-hydrogen) atoms. The molecule has 0 bridgehead atoms. The first-order chi connectivity index (χ1) is 16.8. The van der Waals surface area contributed by atoms with Gasteiger partial charge in [-0.3, -0.25) is 0 Å². The van der Waals surface area contributed by atoms with Gasteiger partial charge in [-0.1, -0.05) is 142 Å². The summed E-state index contributed by atoms with van der Waals surface area (Å²) in [5, 5.41) is 0. The first kappa shape index (κ1) is 31.2. The Kier molecular flexibility index (Phi) is 22.0. The Labute approximate surface area is 215 Å². The summed E-state index contributed by atoms with van der Waals surface area (Å²) in [5.41, 5.74) is 0. The van der Waals surface area contributed by atoms with Crippen molar-refractivity contribution in [3.8, 4) is 0 Å². The van der Waals surface area contributed by atoms with Crippen molar-refractivity contribution in [3.63, 3.8) is 0 Å². The van der Waals surface area contributed by atoms with Gasteiger partial charge in [-0.2, -0.15) is 0 Å². The maximum Gasteiger partial charge on any atom is 0.243 e. The van der Waals surface area contributed by atoms with E-state index in [-0.39, 0.29) is 0 Å². The van der Waals surface area contributed by atoms with Crippen LogP contribution in [0.5, 0.6) is 0 Å². The topological polar surface area (TPSA) is 8.81 Å². The van der Waals surface area contributed by atoms with E-state index in [0.29, 0.717) is 6.04 Å². The fourth-order valence-electron chi connectivity index (χ4n) is 5.19. The molecule has 0 aliphatic rings. The zero-order valence-corrected chi connectivity index (χ0v) is 23.9. The Morgan fingerprint density at radius 3 is 1.35 bits per heavy atom. The molecular weight excluding hydrogens is 412 g/mol. The second-order valence-electron chi connectivity index (χ2n) is 11.2. The van der Waals surface area contributed by atoms with Gasteiger partial charge in [0.1, 0.15) is 12.4 Å². The molecule has 1 heterocycles. The molecule has 0 aliphatic heterocycles. The van der Waals surface area contributed by atoms with Crippen LogP contribution in [-0.2, 0) is 6.54 Å². The molecule has 1 atom stereocenters. The van der Waals surface area contributed by atoms with Crippen molar-refractivity contribution in [1.29, 1.82) is 0 Å². The number of hydrogen-bond acceptors (Lipinski definition) is 0. The summed E-state index contributed by atoms with van der Waals surface area (Å²) in [4.78, 5) is 0. The van der Waals surface area contributed by atoms with Crippen LogP contribution >= 0.6 is 0 Å². The molecule has 1 aromatic heterocycles. The second kappa shape index (κ2) is 23.9. The Morgan fingerprint density at radius 1 is 0.529 bits per heavy atom. The van der Waals surface area contributed by atoms with E-state index in [2.05, 4.69) is 48.6 Å². The Balaban J connectivity index is 1.88. The molecule has 0 saturated carbocycles. The Morgan fingerprint density at radius 2 is 0.912 bits per heavy atom. The summed E-state index contributed by atoms with van der Waals surface area (Å²) in [6.45, 7) is 8.17. The van der Waals surface area contributed by atoms with Crippen LogP contribution in [0.15, 0.2) is 18.7 Å². The van der Waals surface area contributed by atoms with Crippen LogP contribution in [0.25, 0.3) is 0 Å². The van der Waals surface area contributed by atoms with E-state index in [4.69, 9.17) is 0 Å². The third-order valence-electron chi connectivity index (χ3n) is 7.72. The van der Waals surface area contributed by atoms with Gasteiger partial charge in [-0.25, -0.2) is 9.13 Å². The van der Waals surface area contributed by atoms with E-state index >= 15 is 0 Å². The van der Waals surface area contributed by atoms with Gasteiger partial charge in [-0.05, 0) is 32.6 Å². The van der Waals surface area contributed by atoms with Gasteiger partial charge < -0.3 is 0 Å². The Bertz CT molecular complexity index is 521. The monoisotopic (exact) mass is 475 g/mol. The zero-order chi connectivity index (χ0) is 24.5. The van der Waals surface area contributed by atoms with E-state index in [0.717, 1.165) is 0 Å². The predicted octanol–water partition coefficient (Wildman–Crippen LogP) is 10.7. The molecule has 0 radical (unpaired) electrons. The lowest BCUT2D eigenvalue weighted by Crippen LogP contribution is -2.35. The van der Waals surface area contributed by atoms with Crippen LogP contribution in [0.1, 0.15) is 181 Å². The second-order valence-corrected chi connectivity index (χ2v) is 11.2. The standard InChI is InChI=1S/C32H63N2/c1-4-6-8-10-12-13-14-15-16-17-18-19-20-22-24-26-28-33-29-30-34(31-33)32(3)27-25-23-21-11-9-7-5-2/h29-32H,4-28H2,1-3H3/q+1. The lowest BCUT2D eigenvalue weighted by Gasteiger charge is -2.07. The molecule has 2 nitrogen and oxygen atoms in total. The van der Waals surface area contributed by atoms with Crippen molar-refractivity contribution < 1.29 is 4.57 Å². The molecule has 0 saturated heterocycles. The van der Waals surface area contributed by atoms with Crippen molar-refractivity contribution in [2.24, 2.45) is 0 Å². The Hall–Kier alpha value is -0.790. The van der Waals surface area contributed by atoms with Gasteiger partial charge in [0.25, 0.3) is 0 Å². The molecule has 0 aliphatic carbocycles. The van der Waals surface area contributed by atoms with Crippen molar-refractivity contribution in [3.05, 3.63) is 18.7 Å². The smallest absolute Gasteiger partial charge is 0.237 e. The average Bonchev–Trinajstić information content (AvgIpc) is 3.32. The number of unbranched alkanes of at least 4 members (excludes halogenated alkanes) is 21.